The van der Waals surface area contributed by atoms with E-state index in [0.717, 1.165) is 5.56 Å². The van der Waals surface area contributed by atoms with Crippen molar-refractivity contribution in [1.82, 2.24) is 9.97 Å². The second-order valence-corrected chi connectivity index (χ2v) is 8.92. The Balaban J connectivity index is 1.89. The second kappa shape index (κ2) is 7.78. The van der Waals surface area contributed by atoms with Gasteiger partial charge in [-0.15, -0.1) is 0 Å². The number of anilines is 1. The highest BCUT2D eigenvalue weighted by Gasteiger charge is 2.35. The first-order chi connectivity index (χ1) is 14.0. The fourth-order valence-electron chi connectivity index (χ4n) is 3.33. The van der Waals surface area contributed by atoms with E-state index in [1.54, 1.807) is 18.2 Å². The molecule has 0 amide bonds. The molecule has 1 atom stereocenters. The Bertz CT molecular complexity index is 1180. The molecule has 1 aliphatic rings. The van der Waals surface area contributed by atoms with Crippen molar-refractivity contribution in [3.8, 4) is 6.07 Å². The minimum atomic E-state index is -3.97. The van der Waals surface area contributed by atoms with Crippen molar-refractivity contribution < 1.29 is 13.2 Å². The van der Waals surface area contributed by atoms with E-state index < -0.39 is 15.1 Å². The SMILES string of the molecule is Cc1ccc(S(=O)(=O)[C@H](C#N)c2nc3ccccc3nc2N2CCOCC2)cc1. The van der Waals surface area contributed by atoms with E-state index >= 15 is 0 Å². The van der Waals surface area contributed by atoms with Crippen molar-refractivity contribution in [2.45, 2.75) is 17.1 Å². The van der Waals surface area contributed by atoms with Crippen LogP contribution in [0.25, 0.3) is 11.0 Å². The van der Waals surface area contributed by atoms with Crippen molar-refractivity contribution in [2.75, 3.05) is 31.2 Å². The first kappa shape index (κ1) is 19.3. The third-order valence-corrected chi connectivity index (χ3v) is 6.79. The van der Waals surface area contributed by atoms with E-state index in [4.69, 9.17) is 4.74 Å². The third kappa shape index (κ3) is 3.67. The van der Waals surface area contributed by atoms with Crippen molar-refractivity contribution in [3.05, 3.63) is 59.8 Å². The first-order valence-electron chi connectivity index (χ1n) is 9.30. The summed E-state index contributed by atoms with van der Waals surface area (Å²) in [6.45, 7) is 4.01. The standard InChI is InChI=1S/C21H20N4O3S/c1-15-6-8-16(9-7-15)29(26,27)19(14-22)20-21(25-10-12-28-13-11-25)24-18-5-3-2-4-17(18)23-20/h2-9,19H,10-13H2,1H3/t19-/m1/s1. The van der Waals surface area contributed by atoms with Crippen LogP contribution in [0.2, 0.25) is 0 Å². The molecule has 0 radical (unpaired) electrons. The summed E-state index contributed by atoms with van der Waals surface area (Å²) in [5.74, 6) is 0.425. The number of ether oxygens (including phenoxy) is 1. The van der Waals surface area contributed by atoms with Crippen molar-refractivity contribution in [3.63, 3.8) is 0 Å². The zero-order chi connectivity index (χ0) is 20.4. The van der Waals surface area contributed by atoms with Crippen LogP contribution in [0.1, 0.15) is 16.5 Å². The minimum absolute atomic E-state index is 0.0949. The zero-order valence-corrected chi connectivity index (χ0v) is 16.8. The van der Waals surface area contributed by atoms with Crippen LogP contribution in [-0.2, 0) is 14.6 Å². The highest BCUT2D eigenvalue weighted by molar-refractivity contribution is 7.92. The number of aryl methyl sites for hydroxylation is 1. The summed E-state index contributed by atoms with van der Waals surface area (Å²) in [7, 11) is -3.97. The molecule has 2 heterocycles. The number of nitriles is 1. The molecule has 0 unspecified atom stereocenters. The van der Waals surface area contributed by atoms with E-state index in [1.807, 2.05) is 36.1 Å². The number of sulfone groups is 1. The number of rotatable bonds is 4. The van der Waals surface area contributed by atoms with Crippen LogP contribution >= 0.6 is 0 Å². The van der Waals surface area contributed by atoms with Gasteiger partial charge >= 0.3 is 0 Å². The summed E-state index contributed by atoms with van der Waals surface area (Å²) in [5.41, 5.74) is 2.31. The summed E-state index contributed by atoms with van der Waals surface area (Å²) >= 11 is 0. The van der Waals surface area contributed by atoms with Gasteiger partial charge in [-0.05, 0) is 31.2 Å². The number of aromatic nitrogens is 2. The highest BCUT2D eigenvalue weighted by atomic mass is 32.2. The first-order valence-corrected chi connectivity index (χ1v) is 10.8. The lowest BCUT2D eigenvalue weighted by Gasteiger charge is -2.30. The van der Waals surface area contributed by atoms with Crippen LogP contribution in [0, 0.1) is 18.3 Å². The maximum atomic E-state index is 13.3. The van der Waals surface area contributed by atoms with Gasteiger partial charge in [0, 0.05) is 13.1 Å². The van der Waals surface area contributed by atoms with Crippen LogP contribution in [0.3, 0.4) is 0 Å². The van der Waals surface area contributed by atoms with Crippen molar-refractivity contribution in [1.29, 1.82) is 5.26 Å². The number of hydrogen-bond donors (Lipinski definition) is 0. The summed E-state index contributed by atoms with van der Waals surface area (Å²) in [5, 5.41) is 8.43. The summed E-state index contributed by atoms with van der Waals surface area (Å²) in [6.07, 6.45) is 0. The fraction of sp³-hybridized carbons (Fsp3) is 0.286. The summed E-state index contributed by atoms with van der Waals surface area (Å²) in [4.78, 5) is 11.3. The quantitative estimate of drug-likeness (QED) is 0.655. The molecule has 7 nitrogen and oxygen atoms in total. The van der Waals surface area contributed by atoms with Gasteiger partial charge in [0.2, 0.25) is 9.84 Å². The molecule has 0 saturated carbocycles. The Morgan fingerprint density at radius 1 is 1.03 bits per heavy atom. The summed E-state index contributed by atoms with van der Waals surface area (Å²) in [6, 6.07) is 15.7. The Morgan fingerprint density at radius 3 is 2.28 bits per heavy atom. The van der Waals surface area contributed by atoms with E-state index in [9.17, 15) is 13.7 Å². The molecule has 2 aromatic carbocycles. The van der Waals surface area contributed by atoms with Gasteiger partial charge in [0.15, 0.2) is 11.1 Å². The number of hydrogen-bond acceptors (Lipinski definition) is 7. The smallest absolute Gasteiger partial charge is 0.200 e. The number of nitrogens with zero attached hydrogens (tertiary/aromatic N) is 4. The summed E-state index contributed by atoms with van der Waals surface area (Å²) < 4.78 is 32.0. The molecule has 0 N–H and O–H groups in total. The molecule has 148 valence electrons. The van der Waals surface area contributed by atoms with Gasteiger partial charge in [-0.2, -0.15) is 5.26 Å². The molecule has 1 saturated heterocycles. The predicted octanol–water partition coefficient (Wildman–Crippen LogP) is 2.81. The average molecular weight is 408 g/mol. The predicted molar refractivity (Wildman–Crippen MR) is 109 cm³/mol. The molecular weight excluding hydrogens is 388 g/mol. The maximum Gasteiger partial charge on any atom is 0.200 e. The lowest BCUT2D eigenvalue weighted by Crippen LogP contribution is -2.38. The molecule has 1 aliphatic heterocycles. The number of morpholine rings is 1. The largest absolute Gasteiger partial charge is 0.378 e. The topological polar surface area (TPSA) is 96.2 Å². The molecule has 0 aliphatic carbocycles. The van der Waals surface area contributed by atoms with Gasteiger partial charge in [-0.3, -0.25) is 0 Å². The molecule has 8 heteroatoms. The van der Waals surface area contributed by atoms with Gasteiger partial charge in [0.05, 0.1) is 35.2 Å². The van der Waals surface area contributed by atoms with Gasteiger partial charge in [-0.1, -0.05) is 29.8 Å². The fourth-order valence-corrected chi connectivity index (χ4v) is 4.71. The van der Waals surface area contributed by atoms with Crippen LogP contribution in [-0.4, -0.2) is 44.7 Å². The highest BCUT2D eigenvalue weighted by Crippen LogP contribution is 2.34. The van der Waals surface area contributed by atoms with Gasteiger partial charge in [0.25, 0.3) is 0 Å². The van der Waals surface area contributed by atoms with E-state index in [1.165, 1.54) is 12.1 Å². The number of fused-ring (bicyclic) bond motifs is 1. The molecule has 4 rings (SSSR count). The van der Waals surface area contributed by atoms with Gasteiger partial charge in [0.1, 0.15) is 5.69 Å². The zero-order valence-electron chi connectivity index (χ0n) is 15.9. The van der Waals surface area contributed by atoms with Crippen molar-refractivity contribution >= 4 is 26.7 Å². The van der Waals surface area contributed by atoms with Crippen LogP contribution in [0.15, 0.2) is 53.4 Å². The average Bonchev–Trinajstić information content (AvgIpc) is 2.74. The van der Waals surface area contributed by atoms with Gasteiger partial charge in [-0.25, -0.2) is 18.4 Å². The lowest BCUT2D eigenvalue weighted by molar-refractivity contribution is 0.122. The van der Waals surface area contributed by atoms with Crippen LogP contribution in [0.5, 0.6) is 0 Å². The Labute approximate surface area is 169 Å². The number of benzene rings is 2. The van der Waals surface area contributed by atoms with E-state index in [-0.39, 0.29) is 10.6 Å². The van der Waals surface area contributed by atoms with Gasteiger partial charge < -0.3 is 9.64 Å². The second-order valence-electron chi connectivity index (χ2n) is 6.89. The lowest BCUT2D eigenvalue weighted by atomic mass is 10.2. The maximum absolute atomic E-state index is 13.3. The number of para-hydroxylation sites is 2. The minimum Gasteiger partial charge on any atom is -0.378 e. The molecule has 1 aromatic heterocycles. The molecular formula is C21H20N4O3S. The molecule has 1 fully saturated rings. The van der Waals surface area contributed by atoms with E-state index in [0.29, 0.717) is 43.2 Å². The normalized spacial score (nSPS) is 15.8. The molecule has 0 bridgehead atoms. The molecule has 3 aromatic rings. The Morgan fingerprint density at radius 2 is 1.66 bits per heavy atom. The van der Waals surface area contributed by atoms with Crippen LogP contribution in [0.4, 0.5) is 5.82 Å². The molecule has 0 spiro atoms. The Kier molecular flexibility index (Phi) is 5.18. The monoisotopic (exact) mass is 408 g/mol. The van der Waals surface area contributed by atoms with Crippen LogP contribution < -0.4 is 4.90 Å². The molecule has 29 heavy (non-hydrogen) atoms. The Hall–Kier alpha value is -3.02. The van der Waals surface area contributed by atoms with Crippen molar-refractivity contribution in [2.24, 2.45) is 0 Å². The third-order valence-electron chi connectivity index (χ3n) is 4.91. The van der Waals surface area contributed by atoms with E-state index in [2.05, 4.69) is 9.97 Å².